The zero-order valence-electron chi connectivity index (χ0n) is 32.1. The van der Waals surface area contributed by atoms with Crippen LogP contribution in [-0.2, 0) is 33.2 Å². The molecule has 2 saturated heterocycles. The first kappa shape index (κ1) is 38.6. The third kappa shape index (κ3) is 7.85. The second-order valence-electron chi connectivity index (χ2n) is 15.9. The van der Waals surface area contributed by atoms with E-state index in [0.29, 0.717) is 73.3 Å². The number of piperidine rings is 2. The van der Waals surface area contributed by atoms with Gasteiger partial charge in [0.05, 0.1) is 16.3 Å². The van der Waals surface area contributed by atoms with E-state index in [1.165, 1.54) is 5.56 Å². The number of nitrogens with zero attached hydrogens (tertiary/aromatic N) is 7. The Hall–Kier alpha value is -4.25. The summed E-state index contributed by atoms with van der Waals surface area (Å²) in [6.45, 7) is 5.87. The number of anilines is 3. The van der Waals surface area contributed by atoms with Crippen molar-refractivity contribution >= 4 is 63.0 Å². The third-order valence-electron chi connectivity index (χ3n) is 12.2. The number of carbonyl (C=O) groups is 2. The first-order valence-electron chi connectivity index (χ1n) is 19.9. The molecule has 2 amide bonds. The summed E-state index contributed by atoms with van der Waals surface area (Å²) in [5.41, 5.74) is 9.45. The molecule has 4 N–H and O–H groups in total. The summed E-state index contributed by atoms with van der Waals surface area (Å²) in [6, 6.07) is 14.0. The quantitative estimate of drug-likeness (QED) is 0.134. The molecule has 298 valence electrons. The van der Waals surface area contributed by atoms with Crippen LogP contribution in [0.2, 0.25) is 0 Å². The van der Waals surface area contributed by atoms with Crippen molar-refractivity contribution < 1.29 is 18.0 Å². The smallest absolute Gasteiger partial charge is 0.243 e. The van der Waals surface area contributed by atoms with Gasteiger partial charge in [0.1, 0.15) is 5.82 Å². The van der Waals surface area contributed by atoms with Gasteiger partial charge in [-0.1, -0.05) is 18.2 Å². The van der Waals surface area contributed by atoms with E-state index in [2.05, 4.69) is 63.4 Å². The Labute approximate surface area is 334 Å². The number of aromatic nitrogens is 4. The number of hydrogen-bond donors (Lipinski definition) is 4. The number of thiol groups is 1. The molecule has 2 aromatic carbocycles. The number of hydrogen-bond acceptors (Lipinski definition) is 11. The Kier molecular flexibility index (Phi) is 11.0. The summed E-state index contributed by atoms with van der Waals surface area (Å²) >= 11 is 4.45. The van der Waals surface area contributed by atoms with Gasteiger partial charge in [0.2, 0.25) is 27.8 Å². The van der Waals surface area contributed by atoms with Gasteiger partial charge < -0.3 is 16.4 Å². The molecule has 14 nitrogen and oxygen atoms in total. The van der Waals surface area contributed by atoms with Gasteiger partial charge in [0.15, 0.2) is 5.82 Å². The van der Waals surface area contributed by atoms with E-state index in [1.54, 1.807) is 16.6 Å². The van der Waals surface area contributed by atoms with Gasteiger partial charge in [-0.2, -0.15) is 27.0 Å². The van der Waals surface area contributed by atoms with Crippen molar-refractivity contribution in [2.75, 3.05) is 54.0 Å². The number of aryl methyl sites for hydroxylation is 1. The SMILES string of the molecule is C[C@@H](C1CC1)N1C(=O)C(CS)c2cnc(NC3CCN(S(=O)(=O)c4cccc(CN5CCC(c6ccc7c(NCCC(N)=O)nn(C)c7c6)CC5)c4)CC3)nc21. The number of rotatable bonds is 14. The molecule has 8 rings (SSSR count). The van der Waals surface area contributed by atoms with E-state index in [0.717, 1.165) is 66.6 Å². The Balaban J connectivity index is 0.846. The first-order valence-corrected chi connectivity index (χ1v) is 21.9. The molecule has 4 aliphatic rings. The molecule has 1 aliphatic carbocycles. The Morgan fingerprint density at radius 1 is 1.04 bits per heavy atom. The lowest BCUT2D eigenvalue weighted by Gasteiger charge is -2.33. The number of carbonyl (C=O) groups excluding carboxylic acids is 2. The number of amides is 2. The summed E-state index contributed by atoms with van der Waals surface area (Å²) in [7, 11) is -1.73. The van der Waals surface area contributed by atoms with Crippen molar-refractivity contribution in [3.05, 3.63) is 65.4 Å². The van der Waals surface area contributed by atoms with E-state index < -0.39 is 10.0 Å². The molecule has 3 aliphatic heterocycles. The second kappa shape index (κ2) is 15.9. The van der Waals surface area contributed by atoms with Crippen LogP contribution in [0.5, 0.6) is 0 Å². The summed E-state index contributed by atoms with van der Waals surface area (Å²) in [4.78, 5) is 38.4. The lowest BCUT2D eigenvalue weighted by atomic mass is 9.89. The van der Waals surface area contributed by atoms with Crippen LogP contribution in [0.4, 0.5) is 17.6 Å². The molecule has 3 fully saturated rings. The summed E-state index contributed by atoms with van der Waals surface area (Å²) in [5.74, 6) is 2.63. The largest absolute Gasteiger partial charge is 0.370 e. The second-order valence-corrected chi connectivity index (χ2v) is 18.2. The van der Waals surface area contributed by atoms with Crippen molar-refractivity contribution in [2.24, 2.45) is 18.7 Å². The Bertz CT molecular complexity index is 2210. The highest BCUT2D eigenvalue weighted by Gasteiger charge is 2.45. The normalized spacial score (nSPS) is 20.7. The van der Waals surface area contributed by atoms with Gasteiger partial charge in [-0.05, 0) is 106 Å². The standard InChI is InChI=1S/C40H52N10O4S2/c1-25(27-6-7-27)50-38-33(34(24-55)39(50)52)22-43-40(45-38)44-30-13-18-49(19-14-30)56(53,54)31-5-3-4-26(20-31)23-48-16-11-28(12-17-48)29-8-9-32-35(21-29)47(2)46-37(32)42-15-10-36(41)51/h3-5,8-9,20-22,25,27-28,30,34,55H,6-7,10-19,23-24H2,1-2H3,(H2,41,51)(H,42,46)(H,43,44,45)/t25-,34?/m0/s1. The van der Waals surface area contributed by atoms with Gasteiger partial charge >= 0.3 is 0 Å². The van der Waals surface area contributed by atoms with Crippen molar-refractivity contribution in [1.82, 2.24) is 29.0 Å². The molecule has 16 heteroatoms. The average molecular weight is 801 g/mol. The minimum absolute atomic E-state index is 0.0147. The lowest BCUT2D eigenvalue weighted by molar-refractivity contribution is -0.119. The molecule has 4 aromatic rings. The topological polar surface area (TPSA) is 172 Å². The maximum atomic E-state index is 13.9. The van der Waals surface area contributed by atoms with E-state index in [9.17, 15) is 18.0 Å². The number of fused-ring (bicyclic) bond motifs is 2. The summed E-state index contributed by atoms with van der Waals surface area (Å²) < 4.78 is 31.2. The van der Waals surface area contributed by atoms with Crippen molar-refractivity contribution in [1.29, 1.82) is 0 Å². The maximum absolute atomic E-state index is 13.9. The van der Waals surface area contributed by atoms with Gasteiger partial charge in [0, 0.05) is 74.6 Å². The van der Waals surface area contributed by atoms with E-state index in [-0.39, 0.29) is 36.2 Å². The zero-order chi connectivity index (χ0) is 39.1. The molecular formula is C40H52N10O4S2. The van der Waals surface area contributed by atoms with Gasteiger partial charge in [-0.3, -0.25) is 24.1 Å². The number of nitrogens with two attached hydrogens (primary N) is 1. The van der Waals surface area contributed by atoms with Crippen molar-refractivity contribution in [3.8, 4) is 0 Å². The van der Waals surface area contributed by atoms with Crippen LogP contribution in [0.1, 0.15) is 80.4 Å². The fraction of sp³-hybridized carbons (Fsp3) is 0.525. The molecule has 1 unspecified atom stereocenters. The van der Waals surface area contributed by atoms with Crippen LogP contribution < -0.4 is 21.3 Å². The molecule has 5 heterocycles. The number of primary amides is 1. The van der Waals surface area contributed by atoms with Crippen molar-refractivity contribution in [3.63, 3.8) is 0 Å². The van der Waals surface area contributed by atoms with Gasteiger partial charge in [0.25, 0.3) is 0 Å². The van der Waals surface area contributed by atoms with Crippen LogP contribution in [0.25, 0.3) is 10.9 Å². The summed E-state index contributed by atoms with van der Waals surface area (Å²) in [6.07, 6.45) is 7.53. The number of sulfonamides is 1. The van der Waals surface area contributed by atoms with E-state index in [4.69, 9.17) is 10.7 Å². The minimum Gasteiger partial charge on any atom is -0.370 e. The molecule has 2 aromatic heterocycles. The maximum Gasteiger partial charge on any atom is 0.243 e. The lowest BCUT2D eigenvalue weighted by Crippen LogP contribution is -2.42. The van der Waals surface area contributed by atoms with Gasteiger partial charge in [-0.15, -0.1) is 0 Å². The molecular weight excluding hydrogens is 749 g/mol. The fourth-order valence-electron chi connectivity index (χ4n) is 8.68. The highest BCUT2D eigenvalue weighted by molar-refractivity contribution is 7.89. The number of likely N-dealkylation sites (tertiary alicyclic amines) is 1. The molecule has 1 saturated carbocycles. The predicted octanol–water partition coefficient (Wildman–Crippen LogP) is 4.45. The molecule has 56 heavy (non-hydrogen) atoms. The van der Waals surface area contributed by atoms with Crippen LogP contribution in [0.15, 0.2) is 53.6 Å². The zero-order valence-corrected chi connectivity index (χ0v) is 33.8. The highest BCUT2D eigenvalue weighted by Crippen LogP contribution is 2.44. The van der Waals surface area contributed by atoms with Crippen LogP contribution >= 0.6 is 12.6 Å². The van der Waals surface area contributed by atoms with Gasteiger partial charge in [-0.25, -0.2) is 13.4 Å². The van der Waals surface area contributed by atoms with Crippen LogP contribution in [-0.4, -0.2) is 99.7 Å². The molecule has 0 spiro atoms. The van der Waals surface area contributed by atoms with Crippen LogP contribution in [0, 0.1) is 5.92 Å². The number of benzene rings is 2. The Morgan fingerprint density at radius 3 is 2.52 bits per heavy atom. The first-order chi connectivity index (χ1) is 27.0. The van der Waals surface area contributed by atoms with Crippen molar-refractivity contribution in [2.45, 2.75) is 87.2 Å². The molecule has 2 atom stereocenters. The minimum atomic E-state index is -3.67. The molecule has 0 bridgehead atoms. The Morgan fingerprint density at radius 2 is 1.80 bits per heavy atom. The summed E-state index contributed by atoms with van der Waals surface area (Å²) in [5, 5.41) is 12.3. The average Bonchev–Trinajstić information content (AvgIpc) is 3.95. The number of nitrogens with one attached hydrogen (secondary N) is 2. The van der Waals surface area contributed by atoms with E-state index >= 15 is 0 Å². The predicted molar refractivity (Wildman–Crippen MR) is 220 cm³/mol. The monoisotopic (exact) mass is 800 g/mol. The third-order valence-corrected chi connectivity index (χ3v) is 14.4. The highest BCUT2D eigenvalue weighted by atomic mass is 32.2. The fourth-order valence-corrected chi connectivity index (χ4v) is 10.6. The van der Waals surface area contributed by atoms with E-state index in [1.807, 2.05) is 34.8 Å². The molecule has 0 radical (unpaired) electrons. The van der Waals surface area contributed by atoms with Crippen LogP contribution in [0.3, 0.4) is 0 Å².